The van der Waals surface area contributed by atoms with Gasteiger partial charge in [-0.2, -0.15) is 5.26 Å². The maximum Gasteiger partial charge on any atom is 0.262 e. The van der Waals surface area contributed by atoms with Gasteiger partial charge in [-0.1, -0.05) is 23.9 Å². The predicted octanol–water partition coefficient (Wildman–Crippen LogP) is 3.76. The topological polar surface area (TPSA) is 58.7 Å². The predicted molar refractivity (Wildman–Crippen MR) is 86.6 cm³/mol. The highest BCUT2D eigenvalue weighted by Crippen LogP contribution is 2.21. The first-order chi connectivity index (χ1) is 10.1. The second-order valence-electron chi connectivity index (χ2n) is 5.14. The van der Waals surface area contributed by atoms with Gasteiger partial charge in [-0.15, -0.1) is 0 Å². The molecule has 0 unspecified atom stereocenters. The zero-order chi connectivity index (χ0) is 15.2. The van der Waals surface area contributed by atoms with Crippen molar-refractivity contribution < 1.29 is 0 Å². The van der Waals surface area contributed by atoms with Crippen LogP contribution in [0.15, 0.2) is 34.2 Å². The third-order valence-corrected chi connectivity index (χ3v) is 4.24. The lowest BCUT2D eigenvalue weighted by atomic mass is 10.2. The van der Waals surface area contributed by atoms with Gasteiger partial charge in [0, 0.05) is 18.2 Å². The van der Waals surface area contributed by atoms with Crippen LogP contribution in [-0.2, 0) is 0 Å². The van der Waals surface area contributed by atoms with E-state index in [-0.39, 0.29) is 11.6 Å². The van der Waals surface area contributed by atoms with Crippen LogP contribution >= 0.6 is 11.8 Å². The molecule has 0 radical (unpaired) electrons. The molecule has 110 valence electrons. The van der Waals surface area contributed by atoms with Crippen LogP contribution < -0.4 is 5.56 Å². The number of hydrogen-bond acceptors (Lipinski definition) is 4. The number of para-hydroxylation sites is 1. The molecular formula is C16H19N3OS. The highest BCUT2D eigenvalue weighted by molar-refractivity contribution is 7.99. The fraction of sp³-hybridized carbons (Fsp3) is 0.438. The van der Waals surface area contributed by atoms with Crippen LogP contribution in [-0.4, -0.2) is 15.3 Å². The summed E-state index contributed by atoms with van der Waals surface area (Å²) in [5.74, 6) is 0.874. The van der Waals surface area contributed by atoms with Crippen molar-refractivity contribution in [1.82, 2.24) is 9.55 Å². The van der Waals surface area contributed by atoms with Crippen molar-refractivity contribution in [2.75, 3.05) is 5.75 Å². The molecule has 21 heavy (non-hydrogen) atoms. The molecule has 1 aromatic heterocycles. The Bertz CT molecular complexity index is 716. The van der Waals surface area contributed by atoms with Crippen LogP contribution in [0.4, 0.5) is 0 Å². The van der Waals surface area contributed by atoms with Gasteiger partial charge in [-0.05, 0) is 38.8 Å². The van der Waals surface area contributed by atoms with E-state index in [0.717, 1.165) is 29.3 Å². The average molecular weight is 301 g/mol. The van der Waals surface area contributed by atoms with Gasteiger partial charge in [0.2, 0.25) is 0 Å². The lowest BCUT2D eigenvalue weighted by molar-refractivity contribution is 0.519. The molecule has 0 bridgehead atoms. The molecule has 0 saturated carbocycles. The van der Waals surface area contributed by atoms with Crippen LogP contribution in [0.1, 0.15) is 39.2 Å². The van der Waals surface area contributed by atoms with Gasteiger partial charge in [-0.25, -0.2) is 4.98 Å². The monoisotopic (exact) mass is 301 g/mol. The molecule has 0 aliphatic carbocycles. The molecule has 0 fully saturated rings. The van der Waals surface area contributed by atoms with E-state index in [0.29, 0.717) is 11.8 Å². The third kappa shape index (κ3) is 3.64. The van der Waals surface area contributed by atoms with E-state index in [1.807, 2.05) is 38.1 Å². The summed E-state index contributed by atoms with van der Waals surface area (Å²) in [6.07, 6.45) is 2.44. The van der Waals surface area contributed by atoms with Crippen molar-refractivity contribution in [3.05, 3.63) is 34.6 Å². The zero-order valence-corrected chi connectivity index (χ0v) is 13.2. The van der Waals surface area contributed by atoms with Gasteiger partial charge < -0.3 is 0 Å². The molecular weight excluding hydrogens is 282 g/mol. The molecule has 1 aromatic carbocycles. The Morgan fingerprint density at radius 3 is 2.81 bits per heavy atom. The number of nitriles is 1. The summed E-state index contributed by atoms with van der Waals surface area (Å²) >= 11 is 1.60. The Balaban J connectivity index is 2.31. The molecule has 2 rings (SSSR count). The van der Waals surface area contributed by atoms with Gasteiger partial charge in [0.25, 0.3) is 5.56 Å². The van der Waals surface area contributed by atoms with Crippen LogP contribution in [0, 0.1) is 11.3 Å². The maximum absolute atomic E-state index is 12.6. The normalized spacial score (nSPS) is 11.0. The minimum absolute atomic E-state index is 0.0233. The molecule has 0 aliphatic heterocycles. The Morgan fingerprint density at radius 1 is 1.33 bits per heavy atom. The molecule has 0 atom stereocenters. The number of thioether (sulfide) groups is 1. The largest absolute Gasteiger partial charge is 0.285 e. The van der Waals surface area contributed by atoms with E-state index in [1.165, 1.54) is 0 Å². The number of nitrogens with zero attached hydrogens (tertiary/aromatic N) is 3. The highest BCUT2D eigenvalue weighted by Gasteiger charge is 2.13. The van der Waals surface area contributed by atoms with Gasteiger partial charge >= 0.3 is 0 Å². The number of fused-ring (bicyclic) bond motifs is 1. The van der Waals surface area contributed by atoms with Crippen LogP contribution in [0.5, 0.6) is 0 Å². The number of hydrogen-bond donors (Lipinski definition) is 0. The molecule has 0 saturated heterocycles. The zero-order valence-electron chi connectivity index (χ0n) is 12.4. The summed E-state index contributed by atoms with van der Waals surface area (Å²) in [4.78, 5) is 17.2. The number of aromatic nitrogens is 2. The number of rotatable bonds is 6. The highest BCUT2D eigenvalue weighted by atomic mass is 32.2. The Kier molecular flexibility index (Phi) is 5.40. The first-order valence-corrected chi connectivity index (χ1v) is 8.14. The van der Waals surface area contributed by atoms with Crippen LogP contribution in [0.25, 0.3) is 10.9 Å². The fourth-order valence-electron chi connectivity index (χ4n) is 2.15. The lowest BCUT2D eigenvalue weighted by Crippen LogP contribution is -2.25. The van der Waals surface area contributed by atoms with Crippen molar-refractivity contribution in [1.29, 1.82) is 5.26 Å². The summed E-state index contributed by atoms with van der Waals surface area (Å²) in [5, 5.41) is 9.98. The smallest absolute Gasteiger partial charge is 0.262 e. The Hall–Kier alpha value is -1.80. The minimum atomic E-state index is 0.0233. The van der Waals surface area contributed by atoms with Crippen LogP contribution in [0.2, 0.25) is 0 Å². The molecule has 0 N–H and O–H groups in total. The quantitative estimate of drug-likeness (QED) is 0.463. The summed E-state index contributed by atoms with van der Waals surface area (Å²) < 4.78 is 1.76. The van der Waals surface area contributed by atoms with Gasteiger partial charge in [-0.3, -0.25) is 9.36 Å². The summed E-state index contributed by atoms with van der Waals surface area (Å²) in [5.41, 5.74) is 0.772. The van der Waals surface area contributed by atoms with Crippen molar-refractivity contribution >= 4 is 22.7 Å². The third-order valence-electron chi connectivity index (χ3n) is 3.21. The van der Waals surface area contributed by atoms with Gasteiger partial charge in [0.1, 0.15) is 0 Å². The Labute approximate surface area is 128 Å². The average Bonchev–Trinajstić information content (AvgIpc) is 2.47. The van der Waals surface area contributed by atoms with E-state index in [9.17, 15) is 4.79 Å². The second-order valence-corrected chi connectivity index (χ2v) is 6.21. The van der Waals surface area contributed by atoms with Gasteiger partial charge in [0.05, 0.1) is 17.0 Å². The summed E-state index contributed by atoms with van der Waals surface area (Å²) in [6, 6.07) is 9.69. The van der Waals surface area contributed by atoms with Crippen molar-refractivity contribution in [3.63, 3.8) is 0 Å². The van der Waals surface area contributed by atoms with E-state index >= 15 is 0 Å². The fourth-order valence-corrected chi connectivity index (χ4v) is 3.28. The summed E-state index contributed by atoms with van der Waals surface area (Å²) in [6.45, 7) is 4.00. The first kappa shape index (κ1) is 15.6. The number of unbranched alkanes of at least 4 members (excludes halogenated alkanes) is 2. The first-order valence-electron chi connectivity index (χ1n) is 7.16. The standard InChI is InChI=1S/C16H19N3OS/c1-12(2)19-15(20)13-8-4-5-9-14(13)18-16(19)21-11-7-3-6-10-17/h4-5,8-9,12H,3,6-7,11H2,1-2H3. The number of benzene rings is 1. The minimum Gasteiger partial charge on any atom is -0.285 e. The molecule has 0 aliphatic rings. The molecule has 1 heterocycles. The van der Waals surface area contributed by atoms with Crippen molar-refractivity contribution in [3.8, 4) is 6.07 Å². The van der Waals surface area contributed by atoms with E-state index in [1.54, 1.807) is 16.3 Å². The molecule has 4 nitrogen and oxygen atoms in total. The molecule has 0 amide bonds. The second kappa shape index (κ2) is 7.28. The SMILES string of the molecule is CC(C)n1c(SCCCCC#N)nc2ccccc2c1=O. The van der Waals surface area contributed by atoms with Crippen LogP contribution in [0.3, 0.4) is 0 Å². The van der Waals surface area contributed by atoms with Crippen molar-refractivity contribution in [2.45, 2.75) is 44.3 Å². The Morgan fingerprint density at radius 2 is 2.10 bits per heavy atom. The maximum atomic E-state index is 12.6. The van der Waals surface area contributed by atoms with E-state index < -0.39 is 0 Å². The molecule has 5 heteroatoms. The van der Waals surface area contributed by atoms with E-state index in [2.05, 4.69) is 11.1 Å². The lowest BCUT2D eigenvalue weighted by Gasteiger charge is -2.15. The van der Waals surface area contributed by atoms with E-state index in [4.69, 9.17) is 5.26 Å². The summed E-state index contributed by atoms with van der Waals surface area (Å²) in [7, 11) is 0. The van der Waals surface area contributed by atoms with Crippen molar-refractivity contribution in [2.24, 2.45) is 0 Å². The molecule has 0 spiro atoms. The van der Waals surface area contributed by atoms with Gasteiger partial charge in [0.15, 0.2) is 5.16 Å². The molecule has 2 aromatic rings.